The van der Waals surface area contributed by atoms with E-state index >= 15 is 0 Å². The Kier molecular flexibility index (Phi) is 10.4. The van der Waals surface area contributed by atoms with Gasteiger partial charge in [-0.15, -0.1) is 0 Å². The second kappa shape index (κ2) is 14.4. The predicted molar refractivity (Wildman–Crippen MR) is 141 cm³/mol. The van der Waals surface area contributed by atoms with E-state index in [1.165, 1.54) is 0 Å². The van der Waals surface area contributed by atoms with Gasteiger partial charge in [0.15, 0.2) is 11.9 Å². The minimum absolute atomic E-state index is 0.0322. The number of phosphoric ester groups is 1. The number of rotatable bonds is 14. The second-order valence-electron chi connectivity index (χ2n) is 8.57. The van der Waals surface area contributed by atoms with E-state index in [1.807, 2.05) is 12.1 Å². The number of H-pyrrole nitrogens is 4. The molecule has 40 heavy (non-hydrogen) atoms. The Morgan fingerprint density at radius 3 is 1.62 bits per heavy atom. The van der Waals surface area contributed by atoms with Gasteiger partial charge in [0.05, 0.1) is 13.2 Å². The number of aromatic nitrogens is 4. The van der Waals surface area contributed by atoms with Crippen LogP contribution in [0.15, 0.2) is 85.4 Å². The van der Waals surface area contributed by atoms with Crippen LogP contribution in [0.4, 0.5) is 0 Å². The molecule has 0 radical (unpaired) electrons. The fraction of sp³-hybridized carbons (Fsp3) is 0.269. The van der Waals surface area contributed by atoms with Crippen LogP contribution in [0.2, 0.25) is 0 Å². The molecule has 4 aromatic rings. The fourth-order valence-corrected chi connectivity index (χ4v) is 4.24. The van der Waals surface area contributed by atoms with Crippen molar-refractivity contribution in [1.29, 1.82) is 0 Å². The molecule has 0 bridgehead atoms. The van der Waals surface area contributed by atoms with Crippen LogP contribution in [0.25, 0.3) is 0 Å². The Morgan fingerprint density at radius 1 is 0.750 bits per heavy atom. The highest BCUT2D eigenvalue weighted by Gasteiger charge is 2.37. The van der Waals surface area contributed by atoms with E-state index in [-0.39, 0.29) is 45.2 Å². The zero-order valence-corrected chi connectivity index (χ0v) is 22.3. The first-order valence-corrected chi connectivity index (χ1v) is 13.8. The second-order valence-corrected chi connectivity index (χ2v) is 10.0. The zero-order chi connectivity index (χ0) is 28.2. The van der Waals surface area contributed by atoms with Crippen LogP contribution in [-0.2, 0) is 59.0 Å². The van der Waals surface area contributed by atoms with Gasteiger partial charge >= 0.3 is 13.8 Å². The lowest BCUT2D eigenvalue weighted by Crippen LogP contribution is -2.15. The van der Waals surface area contributed by atoms with E-state index in [1.54, 1.807) is 61.7 Å². The van der Waals surface area contributed by atoms with Crippen LogP contribution in [0.3, 0.4) is 0 Å². The first-order valence-electron chi connectivity index (χ1n) is 12.3. The Morgan fingerprint density at radius 2 is 1.20 bits per heavy atom. The van der Waals surface area contributed by atoms with Crippen LogP contribution >= 0.6 is 7.82 Å². The predicted octanol–water partition coefficient (Wildman–Crippen LogP) is 3.77. The highest BCUT2D eigenvalue weighted by molar-refractivity contribution is 7.47. The number of carbonyl (C=O) groups excluding carboxylic acids is 1. The molecular weight excluding hydrogens is 543 g/mol. The van der Waals surface area contributed by atoms with Crippen molar-refractivity contribution >= 4 is 13.8 Å². The maximum absolute atomic E-state index is 12.0. The van der Waals surface area contributed by atoms with Crippen LogP contribution in [0, 0.1) is 0 Å². The van der Waals surface area contributed by atoms with Gasteiger partial charge in [-0.2, -0.15) is 0 Å². The van der Waals surface area contributed by atoms with Crippen molar-refractivity contribution in [1.82, 2.24) is 19.9 Å². The SMILES string of the molecule is O=C1OC(CCO)C(OCc2cc[nH]c2)=C1OCc1cc[nH]c1.O=P(O)(OCc1cc[nH]c1)OCc1cc[nH]c1. The lowest BCUT2D eigenvalue weighted by Gasteiger charge is -2.13. The number of phosphoric acid groups is 1. The van der Waals surface area contributed by atoms with E-state index in [0.717, 1.165) is 22.3 Å². The Bertz CT molecular complexity index is 1310. The normalized spacial score (nSPS) is 15.1. The molecule has 0 fully saturated rings. The number of nitrogens with one attached hydrogen (secondary N) is 4. The van der Waals surface area contributed by atoms with Crippen LogP contribution < -0.4 is 0 Å². The smallest absolute Gasteiger partial charge is 0.472 e. The number of ether oxygens (including phenoxy) is 3. The summed E-state index contributed by atoms with van der Waals surface area (Å²) in [6.07, 6.45) is 13.6. The van der Waals surface area contributed by atoms with E-state index < -0.39 is 19.9 Å². The molecule has 0 saturated carbocycles. The third kappa shape index (κ3) is 8.76. The molecule has 1 aliphatic heterocycles. The van der Waals surface area contributed by atoms with Gasteiger partial charge in [-0.1, -0.05) is 0 Å². The molecule has 5 rings (SSSR count). The van der Waals surface area contributed by atoms with Gasteiger partial charge in [-0.25, -0.2) is 9.36 Å². The van der Waals surface area contributed by atoms with Crippen LogP contribution in [0.1, 0.15) is 28.7 Å². The zero-order valence-electron chi connectivity index (χ0n) is 21.4. The highest BCUT2D eigenvalue weighted by atomic mass is 31.2. The summed E-state index contributed by atoms with van der Waals surface area (Å²) in [6.45, 7) is 0.472. The maximum atomic E-state index is 12.0. The molecule has 0 saturated heterocycles. The quantitative estimate of drug-likeness (QED) is 0.0964. The third-order valence-electron chi connectivity index (χ3n) is 5.56. The van der Waals surface area contributed by atoms with Crippen molar-refractivity contribution in [2.75, 3.05) is 6.61 Å². The summed E-state index contributed by atoms with van der Waals surface area (Å²) in [5.74, 6) is -0.163. The topological polar surface area (TPSA) is 184 Å². The number of esters is 1. The summed E-state index contributed by atoms with van der Waals surface area (Å²) >= 11 is 0. The molecule has 1 unspecified atom stereocenters. The molecule has 0 amide bonds. The molecule has 0 aliphatic carbocycles. The van der Waals surface area contributed by atoms with Crippen molar-refractivity contribution in [3.63, 3.8) is 0 Å². The molecule has 0 aromatic carbocycles. The molecule has 1 aliphatic rings. The van der Waals surface area contributed by atoms with Gasteiger partial charge in [0.25, 0.3) is 0 Å². The maximum Gasteiger partial charge on any atom is 0.472 e. The standard InChI is InChI=1S/C16H18N2O5.C10H13N2O4P/c19-6-3-13-14(21-9-11-1-4-17-7-11)15(16(20)23-13)22-10-12-2-5-18-8-12;13-17(14,15-7-9-1-3-11-5-9)16-8-10-2-4-12-6-10/h1-2,4-5,7-8,13,17-19H,3,6,9-10H2;1-6,11-12H,7-8H2,(H,13,14). The molecular formula is C26H31N4O9P. The number of cyclic esters (lactones) is 1. The largest absolute Gasteiger partial charge is 0.485 e. The average Bonchev–Trinajstić information content (AvgIpc) is 3.78. The van der Waals surface area contributed by atoms with Gasteiger partial charge < -0.3 is 44.1 Å². The van der Waals surface area contributed by atoms with E-state index in [0.29, 0.717) is 5.76 Å². The van der Waals surface area contributed by atoms with Gasteiger partial charge in [-0.05, 0) is 35.4 Å². The number of aliphatic hydroxyl groups excluding tert-OH is 1. The average molecular weight is 575 g/mol. The number of aliphatic hydroxyl groups is 1. The third-order valence-corrected chi connectivity index (χ3v) is 6.47. The molecule has 14 heteroatoms. The summed E-state index contributed by atoms with van der Waals surface area (Å²) < 4.78 is 37.7. The first kappa shape index (κ1) is 29.0. The summed E-state index contributed by atoms with van der Waals surface area (Å²) in [5, 5.41) is 9.13. The van der Waals surface area contributed by atoms with Crippen molar-refractivity contribution in [3.8, 4) is 0 Å². The first-order chi connectivity index (χ1) is 19.4. The lowest BCUT2D eigenvalue weighted by atomic mass is 10.2. The molecule has 6 N–H and O–H groups in total. The van der Waals surface area contributed by atoms with Crippen molar-refractivity contribution in [3.05, 3.63) is 108 Å². The highest BCUT2D eigenvalue weighted by Crippen LogP contribution is 2.44. The van der Waals surface area contributed by atoms with Crippen LogP contribution in [0.5, 0.6) is 0 Å². The van der Waals surface area contributed by atoms with E-state index in [9.17, 15) is 14.3 Å². The van der Waals surface area contributed by atoms with Gasteiger partial charge in [0.1, 0.15) is 13.2 Å². The molecule has 214 valence electrons. The summed E-state index contributed by atoms with van der Waals surface area (Å²) in [4.78, 5) is 32.9. The van der Waals surface area contributed by atoms with Crippen molar-refractivity contribution < 1.29 is 42.6 Å². The van der Waals surface area contributed by atoms with Crippen molar-refractivity contribution in [2.24, 2.45) is 0 Å². The summed E-state index contributed by atoms with van der Waals surface area (Å²) in [5.41, 5.74) is 3.40. The number of hydrogen-bond acceptors (Lipinski definition) is 8. The van der Waals surface area contributed by atoms with Gasteiger partial charge in [0.2, 0.25) is 5.76 Å². The van der Waals surface area contributed by atoms with Gasteiger partial charge in [0, 0.05) is 73.7 Å². The Balaban J connectivity index is 0.000000194. The monoisotopic (exact) mass is 574 g/mol. The molecule has 1 atom stereocenters. The fourth-order valence-electron chi connectivity index (χ4n) is 3.54. The van der Waals surface area contributed by atoms with Crippen molar-refractivity contribution in [2.45, 2.75) is 39.0 Å². The minimum atomic E-state index is -4.00. The van der Waals surface area contributed by atoms with Crippen LogP contribution in [-0.4, -0.2) is 48.6 Å². The number of carbonyl (C=O) groups is 1. The number of aromatic amines is 4. The Hall–Kier alpha value is -4.00. The number of hydrogen-bond donors (Lipinski definition) is 6. The molecule has 13 nitrogen and oxygen atoms in total. The van der Waals surface area contributed by atoms with E-state index in [4.69, 9.17) is 28.4 Å². The summed E-state index contributed by atoms with van der Waals surface area (Å²) in [7, 11) is -4.00. The molecule has 0 spiro atoms. The molecule has 5 heterocycles. The Labute approximate surface area is 229 Å². The van der Waals surface area contributed by atoms with E-state index in [2.05, 4.69) is 19.9 Å². The summed E-state index contributed by atoms with van der Waals surface area (Å²) in [6, 6.07) is 7.24. The van der Waals surface area contributed by atoms with Gasteiger partial charge in [-0.3, -0.25) is 9.05 Å². The lowest BCUT2D eigenvalue weighted by molar-refractivity contribution is -0.143. The minimum Gasteiger partial charge on any atom is -0.485 e. The molecule has 4 aromatic heterocycles.